The van der Waals surface area contributed by atoms with Gasteiger partial charge in [-0.25, -0.2) is 0 Å². The molecular formula is C14H16N2O2S2. The Bertz CT molecular complexity index is 541. The van der Waals surface area contributed by atoms with Crippen LogP contribution in [0.1, 0.15) is 12.5 Å². The van der Waals surface area contributed by atoms with Gasteiger partial charge in [0, 0.05) is 13.1 Å². The van der Waals surface area contributed by atoms with E-state index in [-0.39, 0.29) is 5.91 Å². The molecule has 1 fully saturated rings. The van der Waals surface area contributed by atoms with Crippen LogP contribution in [-0.4, -0.2) is 34.8 Å². The van der Waals surface area contributed by atoms with Crippen LogP contribution in [0.15, 0.2) is 29.2 Å². The Morgan fingerprint density at radius 1 is 1.40 bits per heavy atom. The fraction of sp³-hybridized carbons (Fsp3) is 0.286. The molecule has 1 amide bonds. The minimum Gasteiger partial charge on any atom is -0.494 e. The summed E-state index contributed by atoms with van der Waals surface area (Å²) in [6.45, 7) is 3.45. The minimum atomic E-state index is -0.0701. The summed E-state index contributed by atoms with van der Waals surface area (Å²) in [7, 11) is 0. The number of amides is 1. The number of hydrogen-bond acceptors (Lipinski definition) is 5. The van der Waals surface area contributed by atoms with Crippen molar-refractivity contribution in [2.24, 2.45) is 5.73 Å². The highest BCUT2D eigenvalue weighted by molar-refractivity contribution is 8.26. The SMILES string of the molecule is CCOc1ccc(C=C2SC(=S)N(CCN)C2=O)cc1. The van der Waals surface area contributed by atoms with Crippen molar-refractivity contribution in [3.05, 3.63) is 34.7 Å². The molecule has 1 aliphatic heterocycles. The second-order valence-corrected chi connectivity index (χ2v) is 5.80. The number of carbonyl (C=O) groups excluding carboxylic acids is 1. The second-order valence-electron chi connectivity index (χ2n) is 4.12. The molecule has 2 N–H and O–H groups in total. The van der Waals surface area contributed by atoms with Gasteiger partial charge in [-0.2, -0.15) is 0 Å². The molecule has 4 nitrogen and oxygen atoms in total. The fourth-order valence-electron chi connectivity index (χ4n) is 1.80. The van der Waals surface area contributed by atoms with E-state index in [4.69, 9.17) is 22.7 Å². The first-order valence-corrected chi connectivity index (χ1v) is 7.56. The van der Waals surface area contributed by atoms with E-state index in [0.29, 0.717) is 28.9 Å². The van der Waals surface area contributed by atoms with Gasteiger partial charge in [-0.05, 0) is 30.7 Å². The molecule has 0 aliphatic carbocycles. The summed E-state index contributed by atoms with van der Waals surface area (Å²) in [5.41, 5.74) is 6.43. The summed E-state index contributed by atoms with van der Waals surface area (Å²) >= 11 is 6.50. The van der Waals surface area contributed by atoms with Crippen LogP contribution in [-0.2, 0) is 4.79 Å². The average molecular weight is 308 g/mol. The number of thioether (sulfide) groups is 1. The van der Waals surface area contributed by atoms with Crippen LogP contribution in [0.2, 0.25) is 0 Å². The molecule has 20 heavy (non-hydrogen) atoms. The number of carbonyl (C=O) groups is 1. The van der Waals surface area contributed by atoms with Gasteiger partial charge in [0.05, 0.1) is 11.5 Å². The van der Waals surface area contributed by atoms with E-state index in [1.165, 1.54) is 11.8 Å². The molecule has 2 rings (SSSR count). The Kier molecular flexibility index (Phi) is 5.17. The molecule has 1 aromatic rings. The zero-order chi connectivity index (χ0) is 14.5. The normalized spacial score (nSPS) is 17.1. The largest absolute Gasteiger partial charge is 0.494 e. The van der Waals surface area contributed by atoms with Crippen LogP contribution in [0.4, 0.5) is 0 Å². The smallest absolute Gasteiger partial charge is 0.266 e. The highest BCUT2D eigenvalue weighted by atomic mass is 32.2. The lowest BCUT2D eigenvalue weighted by atomic mass is 10.2. The summed E-state index contributed by atoms with van der Waals surface area (Å²) in [4.78, 5) is 14.3. The zero-order valence-corrected chi connectivity index (χ0v) is 12.8. The Morgan fingerprint density at radius 2 is 2.10 bits per heavy atom. The third-order valence-corrected chi connectivity index (χ3v) is 4.09. The van der Waals surface area contributed by atoms with Crippen LogP contribution < -0.4 is 10.5 Å². The van der Waals surface area contributed by atoms with Gasteiger partial charge >= 0.3 is 0 Å². The van der Waals surface area contributed by atoms with Gasteiger partial charge in [0.25, 0.3) is 5.91 Å². The van der Waals surface area contributed by atoms with E-state index in [1.807, 2.05) is 37.3 Å². The maximum Gasteiger partial charge on any atom is 0.266 e. The first-order chi connectivity index (χ1) is 9.65. The summed E-state index contributed by atoms with van der Waals surface area (Å²) in [6, 6.07) is 7.60. The van der Waals surface area contributed by atoms with Gasteiger partial charge < -0.3 is 10.5 Å². The van der Waals surface area contributed by atoms with E-state index >= 15 is 0 Å². The molecule has 0 atom stereocenters. The lowest BCUT2D eigenvalue weighted by Crippen LogP contribution is -2.32. The lowest BCUT2D eigenvalue weighted by molar-refractivity contribution is -0.122. The summed E-state index contributed by atoms with van der Waals surface area (Å²) in [5, 5.41) is 0. The molecule has 1 saturated heterocycles. The number of hydrogen-bond donors (Lipinski definition) is 1. The minimum absolute atomic E-state index is 0.0701. The highest BCUT2D eigenvalue weighted by Crippen LogP contribution is 2.32. The van der Waals surface area contributed by atoms with Crippen molar-refractivity contribution >= 4 is 40.3 Å². The number of nitrogens with zero attached hydrogens (tertiary/aromatic N) is 1. The summed E-state index contributed by atoms with van der Waals surface area (Å²) in [5.74, 6) is 0.750. The van der Waals surface area contributed by atoms with Crippen LogP contribution in [0, 0.1) is 0 Å². The number of nitrogens with two attached hydrogens (primary N) is 1. The van der Waals surface area contributed by atoms with Gasteiger partial charge in [-0.1, -0.05) is 36.1 Å². The third kappa shape index (κ3) is 3.39. The molecule has 0 radical (unpaired) electrons. The molecule has 0 spiro atoms. The predicted molar refractivity (Wildman–Crippen MR) is 86.5 cm³/mol. The van der Waals surface area contributed by atoms with Gasteiger partial charge in [-0.3, -0.25) is 9.69 Å². The first kappa shape index (κ1) is 15.0. The Balaban J connectivity index is 2.15. The Labute approximate surface area is 128 Å². The van der Waals surface area contributed by atoms with Gasteiger partial charge in [0.2, 0.25) is 0 Å². The van der Waals surface area contributed by atoms with Crippen molar-refractivity contribution in [2.45, 2.75) is 6.92 Å². The molecule has 0 saturated carbocycles. The molecular weight excluding hydrogens is 292 g/mol. The maximum atomic E-state index is 12.1. The van der Waals surface area contributed by atoms with E-state index in [1.54, 1.807) is 4.90 Å². The molecule has 0 unspecified atom stereocenters. The lowest BCUT2D eigenvalue weighted by Gasteiger charge is -2.11. The van der Waals surface area contributed by atoms with Gasteiger partial charge in [0.15, 0.2) is 0 Å². The van der Waals surface area contributed by atoms with Gasteiger partial charge in [0.1, 0.15) is 10.1 Å². The van der Waals surface area contributed by atoms with Crippen molar-refractivity contribution in [2.75, 3.05) is 19.7 Å². The third-order valence-electron chi connectivity index (χ3n) is 2.72. The monoisotopic (exact) mass is 308 g/mol. The molecule has 1 heterocycles. The molecule has 1 aromatic carbocycles. The van der Waals surface area contributed by atoms with Crippen molar-refractivity contribution in [3.8, 4) is 5.75 Å². The molecule has 6 heteroatoms. The zero-order valence-electron chi connectivity index (χ0n) is 11.2. The first-order valence-electron chi connectivity index (χ1n) is 6.34. The Hall–Kier alpha value is -1.37. The van der Waals surface area contributed by atoms with Crippen molar-refractivity contribution in [3.63, 3.8) is 0 Å². The molecule has 0 bridgehead atoms. The fourth-order valence-corrected chi connectivity index (χ4v) is 3.11. The van der Waals surface area contributed by atoms with Gasteiger partial charge in [-0.15, -0.1) is 0 Å². The number of rotatable bonds is 5. The van der Waals surface area contributed by atoms with E-state index in [2.05, 4.69) is 0 Å². The Morgan fingerprint density at radius 3 is 2.70 bits per heavy atom. The maximum absolute atomic E-state index is 12.1. The van der Waals surface area contributed by atoms with Crippen LogP contribution >= 0.6 is 24.0 Å². The topological polar surface area (TPSA) is 55.6 Å². The second kappa shape index (κ2) is 6.88. The molecule has 106 valence electrons. The summed E-state index contributed by atoms with van der Waals surface area (Å²) in [6.07, 6.45) is 1.84. The standard InChI is InChI=1S/C14H16N2O2S2/c1-2-18-11-5-3-10(4-6-11)9-12-13(17)16(8-7-15)14(19)20-12/h3-6,9H,2,7-8,15H2,1H3. The summed E-state index contributed by atoms with van der Waals surface area (Å²) < 4.78 is 5.95. The van der Waals surface area contributed by atoms with Crippen molar-refractivity contribution in [1.29, 1.82) is 0 Å². The molecule has 1 aliphatic rings. The van der Waals surface area contributed by atoms with Crippen molar-refractivity contribution in [1.82, 2.24) is 4.90 Å². The number of ether oxygens (including phenoxy) is 1. The van der Waals surface area contributed by atoms with E-state index in [9.17, 15) is 4.79 Å². The van der Waals surface area contributed by atoms with Crippen LogP contribution in [0.25, 0.3) is 6.08 Å². The van der Waals surface area contributed by atoms with Crippen LogP contribution in [0.5, 0.6) is 5.75 Å². The van der Waals surface area contributed by atoms with E-state index in [0.717, 1.165) is 11.3 Å². The quantitative estimate of drug-likeness (QED) is 0.668. The van der Waals surface area contributed by atoms with Crippen molar-refractivity contribution < 1.29 is 9.53 Å². The van der Waals surface area contributed by atoms with Crippen LogP contribution in [0.3, 0.4) is 0 Å². The number of benzene rings is 1. The predicted octanol–water partition coefficient (Wildman–Crippen LogP) is 2.25. The number of thiocarbonyl (C=S) groups is 1. The van der Waals surface area contributed by atoms with E-state index < -0.39 is 0 Å². The molecule has 0 aromatic heterocycles. The average Bonchev–Trinajstić information content (AvgIpc) is 2.69. The highest BCUT2D eigenvalue weighted by Gasteiger charge is 2.31.